The molecule has 1 aromatic heterocycles. The smallest absolute Gasteiger partial charge is 0.0247 e. The summed E-state index contributed by atoms with van der Waals surface area (Å²) >= 11 is 0. The fourth-order valence-corrected chi connectivity index (χ4v) is 2.24. The molecule has 0 amide bonds. The van der Waals surface area contributed by atoms with E-state index in [1.807, 2.05) is 0 Å². The minimum Gasteiger partial charge on any atom is -0.349 e. The van der Waals surface area contributed by atoms with Gasteiger partial charge in [-0.2, -0.15) is 0 Å². The lowest BCUT2D eigenvalue weighted by atomic mass is 9.85. The van der Waals surface area contributed by atoms with Crippen LogP contribution < -0.4 is 5.73 Å². The molecule has 0 fully saturated rings. The van der Waals surface area contributed by atoms with Gasteiger partial charge in [-0.25, -0.2) is 0 Å². The highest BCUT2D eigenvalue weighted by atomic mass is 15.0. The molecule has 0 aliphatic heterocycles. The molecule has 0 saturated heterocycles. The molecule has 0 aromatic carbocycles. The number of aromatic nitrogens is 1. The lowest BCUT2D eigenvalue weighted by Crippen LogP contribution is -2.28. The van der Waals surface area contributed by atoms with Crippen LogP contribution in [0.5, 0.6) is 0 Å². The van der Waals surface area contributed by atoms with E-state index < -0.39 is 0 Å². The fourth-order valence-electron chi connectivity index (χ4n) is 2.24. The maximum atomic E-state index is 5.86. The van der Waals surface area contributed by atoms with Gasteiger partial charge in [0.1, 0.15) is 0 Å². The third-order valence-corrected chi connectivity index (χ3v) is 3.36. The van der Waals surface area contributed by atoms with Crippen molar-refractivity contribution in [3.05, 3.63) is 23.0 Å². The molecule has 0 radical (unpaired) electrons. The summed E-state index contributed by atoms with van der Waals surface area (Å²) in [4.78, 5) is 0. The van der Waals surface area contributed by atoms with Gasteiger partial charge in [0.25, 0.3) is 0 Å². The summed E-state index contributed by atoms with van der Waals surface area (Å²) in [6, 6.07) is 2.30. The second kappa shape index (κ2) is 4.62. The molecule has 1 aromatic rings. The van der Waals surface area contributed by atoms with E-state index >= 15 is 0 Å². The van der Waals surface area contributed by atoms with E-state index in [1.165, 1.54) is 17.0 Å². The number of nitrogens with two attached hydrogens (primary N) is 1. The second-order valence-corrected chi connectivity index (χ2v) is 5.88. The first-order valence-electron chi connectivity index (χ1n) is 6.17. The molecular weight excluding hydrogens is 196 g/mol. The Labute approximate surface area is 99.8 Å². The molecule has 0 atom stereocenters. The Bertz CT molecular complexity index is 359. The van der Waals surface area contributed by atoms with E-state index in [-0.39, 0.29) is 5.41 Å². The first-order chi connectivity index (χ1) is 7.29. The summed E-state index contributed by atoms with van der Waals surface area (Å²) in [6.07, 6.45) is 0. The standard InChI is InChI=1S/C14H26N2/c1-10(2)8-16-11(3)7-13(12(16)4)14(5,6)9-15/h7,10H,8-9,15H2,1-6H3. The minimum absolute atomic E-state index is 0.0804. The zero-order chi connectivity index (χ0) is 12.5. The molecule has 2 N–H and O–H groups in total. The summed E-state index contributed by atoms with van der Waals surface area (Å²) in [6.45, 7) is 15.1. The number of nitrogens with zero attached hydrogens (tertiary/aromatic N) is 1. The predicted molar refractivity (Wildman–Crippen MR) is 70.8 cm³/mol. The molecule has 0 aliphatic carbocycles. The van der Waals surface area contributed by atoms with Gasteiger partial charge in [0.05, 0.1) is 0 Å². The van der Waals surface area contributed by atoms with E-state index in [9.17, 15) is 0 Å². The summed E-state index contributed by atoms with van der Waals surface area (Å²) in [7, 11) is 0. The molecule has 16 heavy (non-hydrogen) atoms. The highest BCUT2D eigenvalue weighted by Crippen LogP contribution is 2.28. The van der Waals surface area contributed by atoms with Gasteiger partial charge in [-0.3, -0.25) is 0 Å². The molecule has 0 unspecified atom stereocenters. The van der Waals surface area contributed by atoms with Crippen molar-refractivity contribution < 1.29 is 0 Å². The second-order valence-electron chi connectivity index (χ2n) is 5.88. The van der Waals surface area contributed by atoms with Crippen LogP contribution in [0.1, 0.15) is 44.6 Å². The third-order valence-electron chi connectivity index (χ3n) is 3.36. The average Bonchev–Trinajstić information content (AvgIpc) is 2.46. The van der Waals surface area contributed by atoms with Crippen LogP contribution in [0.15, 0.2) is 6.07 Å². The Kier molecular flexibility index (Phi) is 3.84. The van der Waals surface area contributed by atoms with Crippen LogP contribution in [-0.2, 0) is 12.0 Å². The van der Waals surface area contributed by atoms with Crippen molar-refractivity contribution >= 4 is 0 Å². The van der Waals surface area contributed by atoms with Gasteiger partial charge in [-0.15, -0.1) is 0 Å². The normalized spacial score (nSPS) is 12.5. The van der Waals surface area contributed by atoms with E-state index in [2.05, 4.69) is 52.2 Å². The van der Waals surface area contributed by atoms with Gasteiger partial charge in [0.2, 0.25) is 0 Å². The Morgan fingerprint density at radius 1 is 1.31 bits per heavy atom. The highest BCUT2D eigenvalue weighted by molar-refractivity contribution is 5.33. The van der Waals surface area contributed by atoms with Crippen molar-refractivity contribution in [3.63, 3.8) is 0 Å². The van der Waals surface area contributed by atoms with E-state index in [1.54, 1.807) is 0 Å². The molecule has 92 valence electrons. The first-order valence-corrected chi connectivity index (χ1v) is 6.17. The van der Waals surface area contributed by atoms with Crippen molar-refractivity contribution in [2.45, 2.75) is 53.5 Å². The number of rotatable bonds is 4. The van der Waals surface area contributed by atoms with Crippen LogP contribution in [0.2, 0.25) is 0 Å². The quantitative estimate of drug-likeness (QED) is 0.834. The summed E-state index contributed by atoms with van der Waals surface area (Å²) in [5.74, 6) is 0.679. The van der Waals surface area contributed by atoms with Crippen LogP contribution in [0, 0.1) is 19.8 Å². The monoisotopic (exact) mass is 222 g/mol. The maximum Gasteiger partial charge on any atom is 0.0247 e. The summed E-state index contributed by atoms with van der Waals surface area (Å²) in [5.41, 5.74) is 10.1. The van der Waals surface area contributed by atoms with Crippen LogP contribution in [-0.4, -0.2) is 11.1 Å². The van der Waals surface area contributed by atoms with Crippen molar-refractivity contribution in [3.8, 4) is 0 Å². The van der Waals surface area contributed by atoms with Gasteiger partial charge >= 0.3 is 0 Å². The van der Waals surface area contributed by atoms with Gasteiger partial charge < -0.3 is 10.3 Å². The van der Waals surface area contributed by atoms with E-state index in [0.29, 0.717) is 12.5 Å². The lowest BCUT2D eigenvalue weighted by molar-refractivity contribution is 0.497. The number of hydrogen-bond donors (Lipinski definition) is 1. The molecule has 1 rings (SSSR count). The predicted octanol–water partition coefficient (Wildman–Crippen LogP) is 3.00. The van der Waals surface area contributed by atoms with E-state index in [4.69, 9.17) is 5.73 Å². The van der Waals surface area contributed by atoms with Gasteiger partial charge in [0, 0.05) is 29.9 Å². The maximum absolute atomic E-state index is 5.86. The van der Waals surface area contributed by atoms with Crippen molar-refractivity contribution in [1.29, 1.82) is 0 Å². The Morgan fingerprint density at radius 2 is 1.88 bits per heavy atom. The highest BCUT2D eigenvalue weighted by Gasteiger charge is 2.24. The van der Waals surface area contributed by atoms with Crippen LogP contribution in [0.4, 0.5) is 0 Å². The van der Waals surface area contributed by atoms with Crippen molar-refractivity contribution in [2.75, 3.05) is 6.54 Å². The Balaban J connectivity index is 3.16. The van der Waals surface area contributed by atoms with Crippen molar-refractivity contribution in [1.82, 2.24) is 4.57 Å². The topological polar surface area (TPSA) is 30.9 Å². The van der Waals surface area contributed by atoms with Gasteiger partial charge in [0.15, 0.2) is 0 Å². The lowest BCUT2D eigenvalue weighted by Gasteiger charge is -2.23. The molecule has 2 nitrogen and oxygen atoms in total. The molecule has 2 heteroatoms. The van der Waals surface area contributed by atoms with Gasteiger partial charge in [-0.1, -0.05) is 27.7 Å². The first kappa shape index (κ1) is 13.3. The van der Waals surface area contributed by atoms with Crippen molar-refractivity contribution in [2.24, 2.45) is 11.7 Å². The summed E-state index contributed by atoms with van der Waals surface area (Å²) in [5, 5.41) is 0. The molecule has 1 heterocycles. The Hall–Kier alpha value is -0.760. The van der Waals surface area contributed by atoms with Gasteiger partial charge in [-0.05, 0) is 31.4 Å². The number of aryl methyl sites for hydroxylation is 1. The fraction of sp³-hybridized carbons (Fsp3) is 0.714. The van der Waals surface area contributed by atoms with E-state index in [0.717, 1.165) is 6.54 Å². The van der Waals surface area contributed by atoms with Crippen LogP contribution >= 0.6 is 0 Å². The minimum atomic E-state index is 0.0804. The zero-order valence-electron chi connectivity index (χ0n) is 11.6. The van der Waals surface area contributed by atoms with Crippen LogP contribution in [0.3, 0.4) is 0 Å². The zero-order valence-corrected chi connectivity index (χ0v) is 11.6. The largest absolute Gasteiger partial charge is 0.349 e. The Morgan fingerprint density at radius 3 is 2.31 bits per heavy atom. The molecule has 0 bridgehead atoms. The molecule has 0 saturated carbocycles. The number of hydrogen-bond acceptors (Lipinski definition) is 1. The SMILES string of the molecule is Cc1cc(C(C)(C)CN)c(C)n1CC(C)C. The van der Waals surface area contributed by atoms with Crippen LogP contribution in [0.25, 0.3) is 0 Å². The third kappa shape index (κ3) is 2.49. The average molecular weight is 222 g/mol. The summed E-state index contributed by atoms with van der Waals surface area (Å²) < 4.78 is 2.41. The molecular formula is C14H26N2. The molecule has 0 aliphatic rings. The molecule has 0 spiro atoms.